The highest BCUT2D eigenvalue weighted by atomic mass is 16.3. The van der Waals surface area contributed by atoms with Crippen LogP contribution in [0.2, 0.25) is 0 Å². The SMILES string of the molecule is Oc1ccc2c(c1)CC(c1ccccc1)c1c-2[nH]c2ccc(O)cc12. The summed E-state index contributed by atoms with van der Waals surface area (Å²) in [6.45, 7) is 0. The number of rotatable bonds is 1. The van der Waals surface area contributed by atoms with Gasteiger partial charge in [0.15, 0.2) is 0 Å². The van der Waals surface area contributed by atoms with Gasteiger partial charge in [-0.1, -0.05) is 30.3 Å². The minimum Gasteiger partial charge on any atom is -0.508 e. The minimum absolute atomic E-state index is 0.182. The smallest absolute Gasteiger partial charge is 0.116 e. The Labute approximate surface area is 145 Å². The molecule has 4 aromatic rings. The number of hydrogen-bond donors (Lipinski definition) is 3. The molecule has 3 nitrogen and oxygen atoms in total. The molecule has 0 saturated carbocycles. The molecule has 5 rings (SSSR count). The number of H-pyrrole nitrogens is 1. The van der Waals surface area contributed by atoms with Crippen molar-refractivity contribution in [1.29, 1.82) is 0 Å². The number of nitrogens with one attached hydrogen (secondary N) is 1. The van der Waals surface area contributed by atoms with Gasteiger partial charge in [0.05, 0.1) is 5.69 Å². The van der Waals surface area contributed by atoms with Crippen molar-refractivity contribution < 1.29 is 10.2 Å². The molecule has 122 valence electrons. The van der Waals surface area contributed by atoms with E-state index in [1.165, 1.54) is 11.1 Å². The third kappa shape index (κ3) is 2.13. The van der Waals surface area contributed by atoms with Crippen LogP contribution in [0.25, 0.3) is 22.2 Å². The van der Waals surface area contributed by atoms with E-state index < -0.39 is 0 Å². The molecule has 1 aromatic heterocycles. The molecule has 1 atom stereocenters. The highest BCUT2D eigenvalue weighted by Gasteiger charge is 2.29. The zero-order valence-electron chi connectivity index (χ0n) is 13.5. The van der Waals surface area contributed by atoms with Crippen LogP contribution in [0.4, 0.5) is 0 Å². The average Bonchev–Trinajstić information content (AvgIpc) is 3.00. The van der Waals surface area contributed by atoms with E-state index in [0.717, 1.165) is 34.1 Å². The Morgan fingerprint density at radius 2 is 1.60 bits per heavy atom. The van der Waals surface area contributed by atoms with Crippen LogP contribution in [-0.4, -0.2) is 15.2 Å². The van der Waals surface area contributed by atoms with Crippen molar-refractivity contribution in [3.05, 3.63) is 83.4 Å². The van der Waals surface area contributed by atoms with Gasteiger partial charge in [-0.25, -0.2) is 0 Å². The maximum absolute atomic E-state index is 9.99. The molecule has 1 aliphatic rings. The number of phenolic OH excluding ortho intramolecular Hbond substituents is 2. The maximum atomic E-state index is 9.99. The fraction of sp³-hybridized carbons (Fsp3) is 0.0909. The van der Waals surface area contributed by atoms with E-state index in [1.807, 2.05) is 30.3 Å². The number of hydrogen-bond acceptors (Lipinski definition) is 2. The molecule has 0 radical (unpaired) electrons. The van der Waals surface area contributed by atoms with Crippen LogP contribution in [-0.2, 0) is 6.42 Å². The molecule has 0 saturated heterocycles. The number of fused-ring (bicyclic) bond motifs is 5. The van der Waals surface area contributed by atoms with Gasteiger partial charge in [0.2, 0.25) is 0 Å². The molecule has 0 aliphatic heterocycles. The topological polar surface area (TPSA) is 56.2 Å². The Kier molecular flexibility index (Phi) is 2.92. The lowest BCUT2D eigenvalue weighted by molar-refractivity contribution is 0.474. The van der Waals surface area contributed by atoms with Crippen LogP contribution < -0.4 is 0 Å². The zero-order valence-corrected chi connectivity index (χ0v) is 13.5. The van der Waals surface area contributed by atoms with Gasteiger partial charge in [0, 0.05) is 22.4 Å². The first-order valence-corrected chi connectivity index (χ1v) is 8.42. The highest BCUT2D eigenvalue weighted by molar-refractivity contribution is 5.94. The fourth-order valence-corrected chi connectivity index (χ4v) is 4.06. The van der Waals surface area contributed by atoms with E-state index >= 15 is 0 Å². The lowest BCUT2D eigenvalue weighted by atomic mass is 9.77. The molecular weight excluding hydrogens is 310 g/mol. The van der Waals surface area contributed by atoms with Gasteiger partial charge in [-0.05, 0) is 59.5 Å². The van der Waals surface area contributed by atoms with Crippen molar-refractivity contribution in [3.63, 3.8) is 0 Å². The second kappa shape index (κ2) is 5.15. The van der Waals surface area contributed by atoms with Crippen LogP contribution in [0.3, 0.4) is 0 Å². The summed E-state index contributed by atoms with van der Waals surface area (Å²) in [6.07, 6.45) is 0.823. The number of phenols is 2. The van der Waals surface area contributed by atoms with E-state index in [0.29, 0.717) is 5.75 Å². The molecule has 3 heteroatoms. The average molecular weight is 327 g/mol. The summed E-state index contributed by atoms with van der Waals surface area (Å²) >= 11 is 0. The highest BCUT2D eigenvalue weighted by Crippen LogP contribution is 2.47. The fourth-order valence-electron chi connectivity index (χ4n) is 4.06. The van der Waals surface area contributed by atoms with Gasteiger partial charge in [-0.2, -0.15) is 0 Å². The van der Waals surface area contributed by atoms with Crippen LogP contribution in [0.1, 0.15) is 22.6 Å². The Hall–Kier alpha value is -3.20. The molecule has 1 heterocycles. The van der Waals surface area contributed by atoms with Crippen LogP contribution in [0, 0.1) is 0 Å². The number of benzene rings is 3. The number of aromatic amines is 1. The second-order valence-electron chi connectivity index (χ2n) is 6.65. The van der Waals surface area contributed by atoms with Crippen molar-refractivity contribution in [2.24, 2.45) is 0 Å². The molecule has 3 aromatic carbocycles. The standard InChI is InChI=1S/C22H17NO2/c24-15-6-8-17-14(10-15)11-18(13-4-2-1-3-5-13)21-19-12-16(25)7-9-20(19)23-22(17)21/h1-10,12,18,23-25H,11H2. The summed E-state index contributed by atoms with van der Waals surface area (Å²) in [7, 11) is 0. The monoisotopic (exact) mass is 327 g/mol. The van der Waals surface area contributed by atoms with Gasteiger partial charge in [0.25, 0.3) is 0 Å². The molecule has 0 fully saturated rings. The lowest BCUT2D eigenvalue weighted by Crippen LogP contribution is -2.11. The van der Waals surface area contributed by atoms with Crippen LogP contribution in [0.15, 0.2) is 66.7 Å². The van der Waals surface area contributed by atoms with Crippen molar-refractivity contribution in [2.75, 3.05) is 0 Å². The summed E-state index contributed by atoms with van der Waals surface area (Å²) in [5, 5.41) is 21.0. The Bertz CT molecular complexity index is 1100. The minimum atomic E-state index is 0.182. The second-order valence-corrected chi connectivity index (χ2v) is 6.65. The van der Waals surface area contributed by atoms with Gasteiger partial charge in [0.1, 0.15) is 11.5 Å². The Balaban J connectivity index is 1.85. The normalized spacial score (nSPS) is 15.8. The zero-order chi connectivity index (χ0) is 17.0. The van der Waals surface area contributed by atoms with Crippen LogP contribution in [0.5, 0.6) is 11.5 Å². The number of aromatic hydroxyl groups is 2. The van der Waals surface area contributed by atoms with Gasteiger partial charge in [-0.3, -0.25) is 0 Å². The number of aromatic nitrogens is 1. The van der Waals surface area contributed by atoms with Crippen molar-refractivity contribution in [2.45, 2.75) is 12.3 Å². The summed E-state index contributed by atoms with van der Waals surface area (Å²) in [6, 6.07) is 21.4. The van der Waals surface area contributed by atoms with Gasteiger partial charge >= 0.3 is 0 Å². The molecular formula is C22H17NO2. The van der Waals surface area contributed by atoms with E-state index in [2.05, 4.69) is 29.2 Å². The molecule has 1 aliphatic carbocycles. The third-order valence-corrected chi connectivity index (χ3v) is 5.15. The van der Waals surface area contributed by atoms with E-state index in [9.17, 15) is 10.2 Å². The Morgan fingerprint density at radius 3 is 2.44 bits per heavy atom. The lowest BCUT2D eigenvalue weighted by Gasteiger charge is -2.26. The Morgan fingerprint density at radius 1 is 0.840 bits per heavy atom. The van der Waals surface area contributed by atoms with Crippen molar-refractivity contribution in [1.82, 2.24) is 4.98 Å². The van der Waals surface area contributed by atoms with E-state index in [1.54, 1.807) is 12.1 Å². The molecule has 0 spiro atoms. The first-order valence-electron chi connectivity index (χ1n) is 8.42. The maximum Gasteiger partial charge on any atom is 0.116 e. The third-order valence-electron chi connectivity index (χ3n) is 5.15. The summed E-state index contributed by atoms with van der Waals surface area (Å²) in [4.78, 5) is 3.53. The predicted octanol–water partition coefficient (Wildman–Crippen LogP) is 4.93. The molecule has 0 amide bonds. The molecule has 1 unspecified atom stereocenters. The quantitative estimate of drug-likeness (QED) is 0.464. The van der Waals surface area contributed by atoms with Crippen LogP contribution >= 0.6 is 0 Å². The first kappa shape index (κ1) is 14.2. The summed E-state index contributed by atoms with van der Waals surface area (Å²) in [5.41, 5.74) is 6.81. The summed E-state index contributed by atoms with van der Waals surface area (Å²) < 4.78 is 0. The van der Waals surface area contributed by atoms with Crippen molar-refractivity contribution >= 4 is 10.9 Å². The molecule has 3 N–H and O–H groups in total. The molecule has 0 bridgehead atoms. The molecule has 25 heavy (non-hydrogen) atoms. The summed E-state index contributed by atoms with van der Waals surface area (Å²) in [5.74, 6) is 0.751. The van der Waals surface area contributed by atoms with E-state index in [-0.39, 0.29) is 11.7 Å². The van der Waals surface area contributed by atoms with Crippen molar-refractivity contribution in [3.8, 4) is 22.8 Å². The van der Waals surface area contributed by atoms with Gasteiger partial charge < -0.3 is 15.2 Å². The van der Waals surface area contributed by atoms with E-state index in [4.69, 9.17) is 0 Å². The largest absolute Gasteiger partial charge is 0.508 e. The first-order chi connectivity index (χ1) is 12.2. The van der Waals surface area contributed by atoms with Gasteiger partial charge in [-0.15, -0.1) is 0 Å². The predicted molar refractivity (Wildman–Crippen MR) is 99.1 cm³/mol.